The minimum atomic E-state index is -5.61. The number of fused-ring (bicyclic) bond motifs is 1. The Labute approximate surface area is 181 Å². The van der Waals surface area contributed by atoms with Crippen LogP contribution < -0.4 is 5.56 Å². The molecule has 0 spiro atoms. The molecule has 1 unspecified atom stereocenters. The summed E-state index contributed by atoms with van der Waals surface area (Å²) in [6, 6.07) is 0.782. The predicted octanol–water partition coefficient (Wildman–Crippen LogP) is 4.16. The molecular formula is C17H10ClF9N4O2. The highest BCUT2D eigenvalue weighted by Gasteiger charge is 2.59. The van der Waals surface area contributed by atoms with Crippen molar-refractivity contribution in [1.29, 1.82) is 0 Å². The molecule has 0 radical (unpaired) electrons. The average Bonchev–Trinajstić information content (AvgIpc) is 2.97. The minimum Gasteiger partial charge on any atom is -0.371 e. The van der Waals surface area contributed by atoms with E-state index in [4.69, 9.17) is 11.6 Å². The third-order valence-corrected chi connectivity index (χ3v) is 4.92. The second-order valence-corrected chi connectivity index (χ2v) is 7.27. The summed E-state index contributed by atoms with van der Waals surface area (Å²) in [6.07, 6.45) is -15.2. The fourth-order valence-corrected chi connectivity index (χ4v) is 3.50. The van der Waals surface area contributed by atoms with Crippen molar-refractivity contribution in [2.45, 2.75) is 30.7 Å². The van der Waals surface area contributed by atoms with Gasteiger partial charge in [-0.25, -0.2) is 4.98 Å². The van der Waals surface area contributed by atoms with Crippen LogP contribution in [0.1, 0.15) is 16.8 Å². The molecular weight excluding hydrogens is 499 g/mol. The summed E-state index contributed by atoms with van der Waals surface area (Å²) in [6.45, 7) is -1.81. The Morgan fingerprint density at radius 3 is 2.12 bits per heavy atom. The van der Waals surface area contributed by atoms with Gasteiger partial charge in [0.25, 0.3) is 5.56 Å². The fraction of sp³-hybridized carbons (Fsp3) is 0.353. The lowest BCUT2D eigenvalue weighted by Gasteiger charge is -2.31. The largest absolute Gasteiger partial charge is 0.427 e. The van der Waals surface area contributed by atoms with Crippen molar-refractivity contribution in [3.8, 4) is 0 Å². The molecule has 0 aliphatic heterocycles. The molecule has 0 saturated heterocycles. The summed E-state index contributed by atoms with van der Waals surface area (Å²) in [7, 11) is 0.840. The first-order chi connectivity index (χ1) is 14.9. The van der Waals surface area contributed by atoms with E-state index in [1.165, 1.54) is 0 Å². The second kappa shape index (κ2) is 7.62. The van der Waals surface area contributed by atoms with E-state index < -0.39 is 69.1 Å². The Hall–Kier alpha value is -2.81. The van der Waals surface area contributed by atoms with Crippen molar-refractivity contribution < 1.29 is 44.6 Å². The van der Waals surface area contributed by atoms with Crippen LogP contribution in [0, 0.1) is 0 Å². The number of hydrogen-bond donors (Lipinski definition) is 1. The molecule has 3 aromatic rings. The molecule has 1 N–H and O–H groups in total. The average molecular weight is 509 g/mol. The zero-order valence-electron chi connectivity index (χ0n) is 15.9. The Balaban J connectivity index is 2.32. The van der Waals surface area contributed by atoms with Crippen molar-refractivity contribution in [1.82, 2.24) is 19.3 Å². The van der Waals surface area contributed by atoms with Crippen molar-refractivity contribution in [2.24, 2.45) is 7.05 Å². The molecule has 2 aromatic heterocycles. The number of halogens is 10. The first-order valence-electron chi connectivity index (χ1n) is 8.53. The van der Waals surface area contributed by atoms with Crippen LogP contribution >= 0.6 is 11.6 Å². The fourth-order valence-electron chi connectivity index (χ4n) is 3.21. The molecule has 0 amide bonds. The number of aryl methyl sites for hydroxylation is 1. The van der Waals surface area contributed by atoms with E-state index in [1.807, 2.05) is 0 Å². The van der Waals surface area contributed by atoms with E-state index in [0.717, 1.165) is 7.05 Å². The Morgan fingerprint density at radius 1 is 1.03 bits per heavy atom. The van der Waals surface area contributed by atoms with Crippen LogP contribution in [-0.4, -0.2) is 36.8 Å². The topological polar surface area (TPSA) is 72.9 Å². The molecule has 0 fully saturated rings. The van der Waals surface area contributed by atoms with Gasteiger partial charge in [0, 0.05) is 12.6 Å². The van der Waals surface area contributed by atoms with Gasteiger partial charge in [0.2, 0.25) is 5.60 Å². The summed E-state index contributed by atoms with van der Waals surface area (Å²) in [5.41, 5.74) is -11.2. The van der Waals surface area contributed by atoms with Gasteiger partial charge in [-0.1, -0.05) is 17.7 Å². The molecule has 33 heavy (non-hydrogen) atoms. The van der Waals surface area contributed by atoms with Gasteiger partial charge >= 0.3 is 18.5 Å². The lowest BCUT2D eigenvalue weighted by atomic mass is 9.88. The molecule has 6 nitrogen and oxygen atoms in total. The first-order valence-corrected chi connectivity index (χ1v) is 8.91. The lowest BCUT2D eigenvalue weighted by molar-refractivity contribution is -0.250. The van der Waals surface area contributed by atoms with Gasteiger partial charge in [0.15, 0.2) is 5.52 Å². The van der Waals surface area contributed by atoms with Gasteiger partial charge < -0.3 is 5.11 Å². The molecule has 0 bridgehead atoms. The van der Waals surface area contributed by atoms with E-state index >= 15 is 0 Å². The zero-order chi connectivity index (χ0) is 25.1. The summed E-state index contributed by atoms with van der Waals surface area (Å²) >= 11 is 5.50. The number of nitrogens with zero attached hydrogens (tertiary/aromatic N) is 4. The van der Waals surface area contributed by atoms with E-state index in [2.05, 4.69) is 10.1 Å². The number of aliphatic hydroxyl groups is 1. The molecule has 0 saturated carbocycles. The van der Waals surface area contributed by atoms with E-state index in [9.17, 15) is 49.4 Å². The smallest absolute Gasteiger partial charge is 0.371 e. The molecule has 16 heteroatoms. The Bertz CT molecular complexity index is 1280. The summed E-state index contributed by atoms with van der Waals surface area (Å²) in [5, 5.41) is 13.1. The molecule has 180 valence electrons. The standard InChI is InChI=1S/C17H10ClF9N4O2/c1-30-12(10-11(29-30)13(32)31(6-28-10)5-14(19,20)21)15(33,17(25,26)27)7-2-3-8(9(18)4-7)16(22,23)24/h2-4,6,33H,5H2,1H3. The van der Waals surface area contributed by atoms with Crippen LogP contribution in [0.5, 0.6) is 0 Å². The van der Waals surface area contributed by atoms with Crippen LogP contribution in [0.4, 0.5) is 39.5 Å². The molecule has 0 aliphatic carbocycles. The highest BCUT2D eigenvalue weighted by molar-refractivity contribution is 6.31. The maximum atomic E-state index is 14.1. The molecule has 2 heterocycles. The zero-order valence-corrected chi connectivity index (χ0v) is 16.7. The van der Waals surface area contributed by atoms with Crippen LogP contribution in [0.3, 0.4) is 0 Å². The van der Waals surface area contributed by atoms with Crippen LogP contribution in [0.25, 0.3) is 11.0 Å². The number of rotatable bonds is 3. The monoisotopic (exact) mass is 508 g/mol. The van der Waals surface area contributed by atoms with Crippen molar-refractivity contribution in [3.05, 3.63) is 56.7 Å². The number of hydrogen-bond acceptors (Lipinski definition) is 4. The molecule has 0 aliphatic rings. The van der Waals surface area contributed by atoms with Crippen LogP contribution in [0.2, 0.25) is 5.02 Å². The van der Waals surface area contributed by atoms with Crippen molar-refractivity contribution in [2.75, 3.05) is 0 Å². The van der Waals surface area contributed by atoms with Gasteiger partial charge in [-0.15, -0.1) is 0 Å². The number of alkyl halides is 9. The summed E-state index contributed by atoms with van der Waals surface area (Å²) < 4.78 is 119. The normalized spacial score (nSPS) is 15.2. The minimum absolute atomic E-state index is 0.0563. The van der Waals surface area contributed by atoms with Gasteiger partial charge in [-0.05, 0) is 12.1 Å². The lowest BCUT2D eigenvalue weighted by Crippen LogP contribution is -2.45. The maximum absolute atomic E-state index is 14.1. The van der Waals surface area contributed by atoms with Crippen molar-refractivity contribution in [3.63, 3.8) is 0 Å². The maximum Gasteiger partial charge on any atom is 0.427 e. The van der Waals surface area contributed by atoms with Gasteiger partial charge in [0.05, 0.1) is 16.9 Å². The SMILES string of the molecule is Cn1nc2c(=O)n(CC(F)(F)F)cnc2c1C(O)(c1ccc(C(F)(F)F)c(Cl)c1)C(F)(F)F. The van der Waals surface area contributed by atoms with Crippen molar-refractivity contribution >= 4 is 22.6 Å². The Morgan fingerprint density at radius 2 is 1.64 bits per heavy atom. The van der Waals surface area contributed by atoms with E-state index in [0.29, 0.717) is 17.1 Å². The third-order valence-electron chi connectivity index (χ3n) is 4.61. The molecule has 1 atom stereocenters. The third kappa shape index (κ3) is 4.26. The van der Waals surface area contributed by atoms with E-state index in [1.54, 1.807) is 0 Å². The van der Waals surface area contributed by atoms with Crippen LogP contribution in [0.15, 0.2) is 29.3 Å². The summed E-state index contributed by atoms with van der Waals surface area (Å²) in [5.74, 6) is 0. The Kier molecular flexibility index (Phi) is 5.73. The van der Waals surface area contributed by atoms with Gasteiger partial charge in [-0.3, -0.25) is 14.0 Å². The molecule has 3 rings (SSSR count). The van der Waals surface area contributed by atoms with Gasteiger partial charge in [0.1, 0.15) is 17.8 Å². The highest BCUT2D eigenvalue weighted by Crippen LogP contribution is 2.47. The van der Waals surface area contributed by atoms with E-state index in [-0.39, 0.29) is 16.7 Å². The molecule has 1 aromatic carbocycles. The highest BCUT2D eigenvalue weighted by atomic mass is 35.5. The number of benzene rings is 1. The first kappa shape index (κ1) is 24.8. The predicted molar refractivity (Wildman–Crippen MR) is 94.3 cm³/mol. The quantitative estimate of drug-likeness (QED) is 0.539. The number of aromatic nitrogens is 4. The van der Waals surface area contributed by atoms with Crippen LogP contribution in [-0.2, 0) is 25.4 Å². The van der Waals surface area contributed by atoms with Gasteiger partial charge in [-0.2, -0.15) is 44.6 Å². The summed E-state index contributed by atoms with van der Waals surface area (Å²) in [4.78, 5) is 15.8. The second-order valence-electron chi connectivity index (χ2n) is 6.86.